The number of sulfonamides is 1. The molecule has 0 bridgehead atoms. The monoisotopic (exact) mass is 297 g/mol. The number of amides is 1. The summed E-state index contributed by atoms with van der Waals surface area (Å²) >= 11 is 0. The van der Waals surface area contributed by atoms with Crippen LogP contribution in [0.4, 0.5) is 0 Å². The minimum atomic E-state index is -3.12. The van der Waals surface area contributed by atoms with Crippen molar-refractivity contribution in [1.82, 2.24) is 14.6 Å². The molecule has 1 aromatic rings. The molecule has 0 aromatic carbocycles. The summed E-state index contributed by atoms with van der Waals surface area (Å²) in [6.45, 7) is 3.34. The van der Waals surface area contributed by atoms with Gasteiger partial charge in [-0.15, -0.1) is 0 Å². The summed E-state index contributed by atoms with van der Waals surface area (Å²) in [7, 11) is -3.12. The van der Waals surface area contributed by atoms with E-state index in [0.29, 0.717) is 25.2 Å². The number of carbonyl (C=O) groups excluding carboxylic acids is 1. The average molecular weight is 297 g/mol. The molecule has 2 heterocycles. The van der Waals surface area contributed by atoms with E-state index in [1.54, 1.807) is 18.3 Å². The fourth-order valence-corrected chi connectivity index (χ4v) is 3.21. The highest BCUT2D eigenvalue weighted by molar-refractivity contribution is 7.88. The normalized spacial score (nSPS) is 20.0. The van der Waals surface area contributed by atoms with Crippen LogP contribution < -0.4 is 5.32 Å². The van der Waals surface area contributed by atoms with E-state index in [-0.39, 0.29) is 11.8 Å². The van der Waals surface area contributed by atoms with Gasteiger partial charge in [0.15, 0.2) is 0 Å². The van der Waals surface area contributed by atoms with Gasteiger partial charge >= 0.3 is 0 Å². The van der Waals surface area contributed by atoms with Crippen LogP contribution in [0.2, 0.25) is 0 Å². The van der Waals surface area contributed by atoms with Crippen molar-refractivity contribution in [2.45, 2.75) is 13.3 Å². The Balaban J connectivity index is 1.86. The summed E-state index contributed by atoms with van der Waals surface area (Å²) in [6.07, 6.45) is 3.60. The van der Waals surface area contributed by atoms with E-state index >= 15 is 0 Å². The van der Waals surface area contributed by atoms with Gasteiger partial charge in [-0.3, -0.25) is 9.78 Å². The molecule has 1 aliphatic heterocycles. The minimum absolute atomic E-state index is 0.145. The van der Waals surface area contributed by atoms with Crippen LogP contribution >= 0.6 is 0 Å². The molecule has 1 atom stereocenters. The Kier molecular flexibility index (Phi) is 4.39. The number of nitrogens with zero attached hydrogens (tertiary/aromatic N) is 2. The van der Waals surface area contributed by atoms with Crippen LogP contribution in [0.1, 0.15) is 22.5 Å². The fourth-order valence-electron chi connectivity index (χ4n) is 2.29. The first kappa shape index (κ1) is 14.9. The van der Waals surface area contributed by atoms with Crippen molar-refractivity contribution in [2.24, 2.45) is 5.92 Å². The quantitative estimate of drug-likeness (QED) is 0.872. The second-order valence-corrected chi connectivity index (χ2v) is 7.15. The standard InChI is InChI=1S/C13H19N3O3S/c1-10-7-12(3-5-14-10)13(17)15-8-11-4-6-16(9-11)20(2,18)19/h3,5,7,11H,4,6,8-9H2,1-2H3,(H,15,17). The van der Waals surface area contributed by atoms with Crippen molar-refractivity contribution in [3.05, 3.63) is 29.6 Å². The molecule has 2 rings (SSSR count). The van der Waals surface area contributed by atoms with Gasteiger partial charge in [-0.05, 0) is 31.4 Å². The lowest BCUT2D eigenvalue weighted by molar-refractivity contribution is 0.0947. The van der Waals surface area contributed by atoms with Crippen molar-refractivity contribution in [2.75, 3.05) is 25.9 Å². The van der Waals surface area contributed by atoms with Gasteiger partial charge in [0.2, 0.25) is 10.0 Å². The molecule has 1 amide bonds. The molecule has 1 aromatic heterocycles. The molecule has 1 N–H and O–H groups in total. The van der Waals surface area contributed by atoms with Crippen LogP contribution in [-0.4, -0.2) is 49.5 Å². The molecule has 0 saturated carbocycles. The van der Waals surface area contributed by atoms with Crippen molar-refractivity contribution in [1.29, 1.82) is 0 Å². The van der Waals surface area contributed by atoms with Gasteiger partial charge in [-0.1, -0.05) is 0 Å². The summed E-state index contributed by atoms with van der Waals surface area (Å²) in [5, 5.41) is 2.85. The molecule has 6 nitrogen and oxygen atoms in total. The second-order valence-electron chi connectivity index (χ2n) is 5.17. The Morgan fingerprint density at radius 3 is 2.90 bits per heavy atom. The Morgan fingerprint density at radius 1 is 1.55 bits per heavy atom. The molecule has 0 aliphatic carbocycles. The van der Waals surface area contributed by atoms with Crippen molar-refractivity contribution in [3.63, 3.8) is 0 Å². The molecule has 0 radical (unpaired) electrons. The van der Waals surface area contributed by atoms with E-state index in [1.165, 1.54) is 10.6 Å². The maximum absolute atomic E-state index is 12.0. The first-order valence-corrected chi connectivity index (χ1v) is 8.37. The smallest absolute Gasteiger partial charge is 0.251 e. The van der Waals surface area contributed by atoms with E-state index in [4.69, 9.17) is 0 Å². The van der Waals surface area contributed by atoms with E-state index in [0.717, 1.165) is 12.1 Å². The predicted octanol–water partition coefficient (Wildman–Crippen LogP) is 0.401. The fraction of sp³-hybridized carbons (Fsp3) is 0.538. The zero-order chi connectivity index (χ0) is 14.8. The highest BCUT2D eigenvalue weighted by atomic mass is 32.2. The number of aromatic nitrogens is 1. The van der Waals surface area contributed by atoms with Gasteiger partial charge in [-0.2, -0.15) is 0 Å². The van der Waals surface area contributed by atoms with Gasteiger partial charge in [0.05, 0.1) is 6.26 Å². The van der Waals surface area contributed by atoms with Gasteiger partial charge in [0.25, 0.3) is 5.91 Å². The van der Waals surface area contributed by atoms with Gasteiger partial charge < -0.3 is 5.32 Å². The van der Waals surface area contributed by atoms with Crippen LogP contribution in [0, 0.1) is 12.8 Å². The van der Waals surface area contributed by atoms with Gasteiger partial charge in [0, 0.05) is 37.1 Å². The number of aryl methyl sites for hydroxylation is 1. The van der Waals surface area contributed by atoms with Gasteiger partial charge in [-0.25, -0.2) is 12.7 Å². The molecule has 1 aliphatic rings. The zero-order valence-corrected chi connectivity index (χ0v) is 12.5. The largest absolute Gasteiger partial charge is 0.352 e. The molecular weight excluding hydrogens is 278 g/mol. The molecule has 1 saturated heterocycles. The Bertz CT molecular complexity index is 601. The lowest BCUT2D eigenvalue weighted by atomic mass is 10.1. The zero-order valence-electron chi connectivity index (χ0n) is 11.7. The number of hydrogen-bond acceptors (Lipinski definition) is 4. The highest BCUT2D eigenvalue weighted by Crippen LogP contribution is 2.18. The molecule has 20 heavy (non-hydrogen) atoms. The lowest BCUT2D eigenvalue weighted by Crippen LogP contribution is -2.32. The molecule has 7 heteroatoms. The topological polar surface area (TPSA) is 79.4 Å². The number of carbonyl (C=O) groups is 1. The van der Waals surface area contributed by atoms with Crippen molar-refractivity contribution < 1.29 is 13.2 Å². The third kappa shape index (κ3) is 3.77. The highest BCUT2D eigenvalue weighted by Gasteiger charge is 2.28. The SMILES string of the molecule is Cc1cc(C(=O)NCC2CCN(S(C)(=O)=O)C2)ccn1. The van der Waals surface area contributed by atoms with E-state index < -0.39 is 10.0 Å². The Hall–Kier alpha value is -1.47. The molecule has 0 spiro atoms. The summed E-state index contributed by atoms with van der Waals surface area (Å²) in [6, 6.07) is 3.40. The summed E-state index contributed by atoms with van der Waals surface area (Å²) in [5.74, 6) is 0.0323. The lowest BCUT2D eigenvalue weighted by Gasteiger charge is -2.14. The van der Waals surface area contributed by atoms with Crippen LogP contribution in [0.3, 0.4) is 0 Å². The number of rotatable bonds is 4. The average Bonchev–Trinajstić information content (AvgIpc) is 2.84. The van der Waals surface area contributed by atoms with Crippen LogP contribution in [0.15, 0.2) is 18.3 Å². The number of nitrogens with one attached hydrogen (secondary N) is 1. The number of hydrogen-bond donors (Lipinski definition) is 1. The first-order chi connectivity index (χ1) is 9.36. The Labute approximate surface area is 119 Å². The molecule has 1 fully saturated rings. The Morgan fingerprint density at radius 2 is 2.30 bits per heavy atom. The van der Waals surface area contributed by atoms with E-state index in [2.05, 4.69) is 10.3 Å². The molecule has 110 valence electrons. The molecule has 1 unspecified atom stereocenters. The third-order valence-corrected chi connectivity index (χ3v) is 4.70. The van der Waals surface area contributed by atoms with Gasteiger partial charge in [0.1, 0.15) is 0 Å². The third-order valence-electron chi connectivity index (χ3n) is 3.43. The molecular formula is C13H19N3O3S. The summed E-state index contributed by atoms with van der Waals surface area (Å²) < 4.78 is 24.3. The maximum atomic E-state index is 12.0. The van der Waals surface area contributed by atoms with E-state index in [9.17, 15) is 13.2 Å². The van der Waals surface area contributed by atoms with Crippen LogP contribution in [0.5, 0.6) is 0 Å². The first-order valence-electron chi connectivity index (χ1n) is 6.52. The van der Waals surface area contributed by atoms with Crippen molar-refractivity contribution >= 4 is 15.9 Å². The maximum Gasteiger partial charge on any atom is 0.251 e. The van der Waals surface area contributed by atoms with Crippen LogP contribution in [-0.2, 0) is 10.0 Å². The van der Waals surface area contributed by atoms with Crippen molar-refractivity contribution in [3.8, 4) is 0 Å². The number of pyridine rings is 1. The second kappa shape index (κ2) is 5.88. The van der Waals surface area contributed by atoms with E-state index in [1.807, 2.05) is 6.92 Å². The summed E-state index contributed by atoms with van der Waals surface area (Å²) in [4.78, 5) is 16.0. The predicted molar refractivity (Wildman–Crippen MR) is 75.8 cm³/mol. The van der Waals surface area contributed by atoms with Crippen LogP contribution in [0.25, 0.3) is 0 Å². The summed E-state index contributed by atoms with van der Waals surface area (Å²) in [5.41, 5.74) is 1.37. The minimum Gasteiger partial charge on any atom is -0.352 e.